The molecule has 84 valence electrons. The number of hydrogen-bond donors (Lipinski definition) is 0. The molecule has 1 unspecified atom stereocenters. The molecule has 0 aromatic carbocycles. The molecular weight excluding hydrogens is 216 g/mol. The van der Waals surface area contributed by atoms with Crippen molar-refractivity contribution in [1.82, 2.24) is 9.78 Å². The quantitative estimate of drug-likeness (QED) is 0.749. The van der Waals surface area contributed by atoms with Gasteiger partial charge in [-0.3, -0.25) is 4.68 Å². The molecule has 1 aromatic rings. The number of halogens is 1. The van der Waals surface area contributed by atoms with Crippen LogP contribution in [0.25, 0.3) is 0 Å². The van der Waals surface area contributed by atoms with E-state index in [2.05, 4.69) is 5.10 Å². The van der Waals surface area contributed by atoms with Crippen molar-refractivity contribution < 1.29 is 9.53 Å². The van der Waals surface area contributed by atoms with Crippen LogP contribution in [-0.2, 0) is 9.53 Å². The Hall–Kier alpha value is -1.03. The van der Waals surface area contributed by atoms with Gasteiger partial charge in [-0.25, -0.2) is 4.79 Å². The van der Waals surface area contributed by atoms with Gasteiger partial charge in [0.05, 0.1) is 23.0 Å². The van der Waals surface area contributed by atoms with Crippen molar-refractivity contribution in [2.45, 2.75) is 33.7 Å². The molecule has 1 atom stereocenters. The fourth-order valence-corrected chi connectivity index (χ4v) is 1.51. The second-order valence-electron chi connectivity index (χ2n) is 3.36. The normalized spacial score (nSPS) is 12.6. The molecule has 0 amide bonds. The van der Waals surface area contributed by atoms with Crippen molar-refractivity contribution >= 4 is 17.6 Å². The molecule has 0 aliphatic carbocycles. The number of esters is 1. The zero-order valence-corrected chi connectivity index (χ0v) is 10.1. The number of aromatic nitrogens is 2. The van der Waals surface area contributed by atoms with Crippen LogP contribution in [0.15, 0.2) is 0 Å². The van der Waals surface area contributed by atoms with E-state index < -0.39 is 6.04 Å². The van der Waals surface area contributed by atoms with E-state index in [-0.39, 0.29) is 5.97 Å². The zero-order chi connectivity index (χ0) is 11.6. The summed E-state index contributed by atoms with van der Waals surface area (Å²) in [5.74, 6) is -0.292. The van der Waals surface area contributed by atoms with Crippen molar-refractivity contribution in [3.8, 4) is 0 Å². The van der Waals surface area contributed by atoms with E-state index in [0.717, 1.165) is 11.4 Å². The number of aryl methyl sites for hydroxylation is 1. The summed E-state index contributed by atoms with van der Waals surface area (Å²) in [6.07, 6.45) is 0. The Kier molecular flexibility index (Phi) is 3.74. The summed E-state index contributed by atoms with van der Waals surface area (Å²) in [5, 5.41) is 4.80. The van der Waals surface area contributed by atoms with Gasteiger partial charge in [0.2, 0.25) is 0 Å². The second kappa shape index (κ2) is 4.66. The molecular formula is C10H15ClN2O2. The van der Waals surface area contributed by atoms with Crippen molar-refractivity contribution in [2.75, 3.05) is 6.61 Å². The van der Waals surface area contributed by atoms with Crippen molar-refractivity contribution in [3.05, 3.63) is 16.4 Å². The lowest BCUT2D eigenvalue weighted by Gasteiger charge is -2.12. The standard InChI is InChI=1S/C10H15ClN2O2/c1-5-15-10(14)8(4)13-7(3)9(11)6(2)12-13/h8H,5H2,1-4H3. The van der Waals surface area contributed by atoms with Gasteiger partial charge in [0, 0.05) is 0 Å². The fourth-order valence-electron chi connectivity index (χ4n) is 1.38. The molecule has 1 heterocycles. The van der Waals surface area contributed by atoms with Gasteiger partial charge >= 0.3 is 5.97 Å². The van der Waals surface area contributed by atoms with Crippen LogP contribution in [0.4, 0.5) is 0 Å². The average Bonchev–Trinajstić information content (AvgIpc) is 2.45. The highest BCUT2D eigenvalue weighted by molar-refractivity contribution is 6.31. The SMILES string of the molecule is CCOC(=O)C(C)n1nc(C)c(Cl)c1C. The molecule has 15 heavy (non-hydrogen) atoms. The van der Waals surface area contributed by atoms with E-state index in [1.54, 1.807) is 18.5 Å². The van der Waals surface area contributed by atoms with Crippen LogP contribution in [0.2, 0.25) is 5.02 Å². The third-order valence-electron chi connectivity index (χ3n) is 2.23. The number of nitrogens with zero attached hydrogens (tertiary/aromatic N) is 2. The maximum Gasteiger partial charge on any atom is 0.330 e. The van der Waals surface area contributed by atoms with Crippen LogP contribution in [0.3, 0.4) is 0 Å². The molecule has 1 aromatic heterocycles. The van der Waals surface area contributed by atoms with Crippen LogP contribution in [0, 0.1) is 13.8 Å². The van der Waals surface area contributed by atoms with Crippen molar-refractivity contribution in [1.29, 1.82) is 0 Å². The molecule has 0 N–H and O–H groups in total. The highest BCUT2D eigenvalue weighted by atomic mass is 35.5. The summed E-state index contributed by atoms with van der Waals surface area (Å²) in [6.45, 7) is 7.53. The first-order chi connectivity index (χ1) is 6.99. The summed E-state index contributed by atoms with van der Waals surface area (Å²) in [6, 6.07) is -0.434. The third-order valence-corrected chi connectivity index (χ3v) is 2.78. The van der Waals surface area contributed by atoms with Crippen LogP contribution in [0.1, 0.15) is 31.3 Å². The average molecular weight is 231 g/mol. The highest BCUT2D eigenvalue weighted by Gasteiger charge is 2.21. The smallest absolute Gasteiger partial charge is 0.330 e. The van der Waals surface area contributed by atoms with Crippen LogP contribution in [0.5, 0.6) is 0 Å². The van der Waals surface area contributed by atoms with Gasteiger partial charge in [0.15, 0.2) is 0 Å². The molecule has 4 nitrogen and oxygen atoms in total. The molecule has 0 spiro atoms. The maximum absolute atomic E-state index is 11.5. The largest absolute Gasteiger partial charge is 0.464 e. The zero-order valence-electron chi connectivity index (χ0n) is 9.37. The lowest BCUT2D eigenvalue weighted by molar-refractivity contribution is -0.146. The summed E-state index contributed by atoms with van der Waals surface area (Å²) in [4.78, 5) is 11.5. The van der Waals surface area contributed by atoms with E-state index in [1.165, 1.54) is 0 Å². The molecule has 0 aliphatic rings. The van der Waals surface area contributed by atoms with Gasteiger partial charge in [-0.2, -0.15) is 5.10 Å². The number of hydrogen-bond acceptors (Lipinski definition) is 3. The van der Waals surface area contributed by atoms with Gasteiger partial charge in [0.1, 0.15) is 6.04 Å². The highest BCUT2D eigenvalue weighted by Crippen LogP contribution is 2.22. The Labute approximate surface area is 94.2 Å². The fraction of sp³-hybridized carbons (Fsp3) is 0.600. The van der Waals surface area contributed by atoms with Gasteiger partial charge in [-0.1, -0.05) is 11.6 Å². The summed E-state index contributed by atoms with van der Waals surface area (Å²) < 4.78 is 6.51. The van der Waals surface area contributed by atoms with Crippen LogP contribution in [-0.4, -0.2) is 22.4 Å². The minimum Gasteiger partial charge on any atom is -0.464 e. The Balaban J connectivity index is 2.96. The third kappa shape index (κ3) is 2.31. The minimum absolute atomic E-state index is 0.292. The number of carbonyl (C=O) groups is 1. The number of ether oxygens (including phenoxy) is 1. The van der Waals surface area contributed by atoms with Gasteiger partial charge in [0.25, 0.3) is 0 Å². The predicted octanol–water partition coefficient (Wildman–Crippen LogP) is 2.28. The van der Waals surface area contributed by atoms with E-state index in [0.29, 0.717) is 11.6 Å². The Morgan fingerprint density at radius 2 is 2.20 bits per heavy atom. The van der Waals surface area contributed by atoms with Gasteiger partial charge in [-0.05, 0) is 27.7 Å². The second-order valence-corrected chi connectivity index (χ2v) is 3.74. The topological polar surface area (TPSA) is 44.1 Å². The molecule has 0 saturated heterocycles. The van der Waals surface area contributed by atoms with Crippen molar-refractivity contribution in [3.63, 3.8) is 0 Å². The lowest BCUT2D eigenvalue weighted by atomic mass is 10.3. The molecule has 0 bridgehead atoms. The minimum atomic E-state index is -0.434. The number of rotatable bonds is 3. The molecule has 1 rings (SSSR count). The van der Waals surface area contributed by atoms with E-state index >= 15 is 0 Å². The Morgan fingerprint density at radius 1 is 1.60 bits per heavy atom. The summed E-state index contributed by atoms with van der Waals surface area (Å²) in [5.41, 5.74) is 1.51. The Bertz CT molecular complexity index is 374. The molecule has 0 saturated carbocycles. The monoisotopic (exact) mass is 230 g/mol. The van der Waals surface area contributed by atoms with Gasteiger partial charge in [-0.15, -0.1) is 0 Å². The van der Waals surface area contributed by atoms with Crippen molar-refractivity contribution in [2.24, 2.45) is 0 Å². The molecule has 5 heteroatoms. The summed E-state index contributed by atoms with van der Waals surface area (Å²) in [7, 11) is 0. The summed E-state index contributed by atoms with van der Waals surface area (Å²) >= 11 is 5.99. The van der Waals surface area contributed by atoms with Crippen LogP contribution < -0.4 is 0 Å². The van der Waals surface area contributed by atoms with E-state index in [1.807, 2.05) is 13.8 Å². The Morgan fingerprint density at radius 3 is 2.60 bits per heavy atom. The first-order valence-electron chi connectivity index (χ1n) is 4.86. The molecule has 0 aliphatic heterocycles. The number of carbonyl (C=O) groups excluding carboxylic acids is 1. The first-order valence-corrected chi connectivity index (χ1v) is 5.24. The van der Waals surface area contributed by atoms with Gasteiger partial charge < -0.3 is 4.74 Å². The predicted molar refractivity (Wildman–Crippen MR) is 58.1 cm³/mol. The molecule has 0 fully saturated rings. The van der Waals surface area contributed by atoms with Crippen LogP contribution >= 0.6 is 11.6 Å². The van der Waals surface area contributed by atoms with E-state index in [9.17, 15) is 4.79 Å². The maximum atomic E-state index is 11.5. The first kappa shape index (κ1) is 12.0. The molecule has 0 radical (unpaired) electrons. The van der Waals surface area contributed by atoms with E-state index in [4.69, 9.17) is 16.3 Å². The lowest BCUT2D eigenvalue weighted by Crippen LogP contribution is -2.21.